The molecule has 1 saturated heterocycles. The average molecular weight is 543 g/mol. The molecule has 1 aromatic rings. The van der Waals surface area contributed by atoms with Gasteiger partial charge in [0.05, 0.1) is 31.4 Å². The number of alkyl halides is 3. The molecule has 1 heterocycles. The van der Waals surface area contributed by atoms with Crippen LogP contribution < -0.4 is 10.6 Å². The van der Waals surface area contributed by atoms with E-state index in [9.17, 15) is 32.7 Å². The molecule has 3 amide bonds. The number of halogens is 3. The fourth-order valence-corrected chi connectivity index (χ4v) is 5.21. The third-order valence-electron chi connectivity index (χ3n) is 7.53. The Bertz CT molecular complexity index is 990. The summed E-state index contributed by atoms with van der Waals surface area (Å²) in [6.07, 6.45) is -2.91. The molecule has 12 heteroatoms. The molecule has 2 fully saturated rings. The molecule has 1 unspecified atom stereocenters. The zero-order chi connectivity index (χ0) is 28.0. The number of benzene rings is 1. The maximum Gasteiger partial charge on any atom is 0.416 e. The van der Waals surface area contributed by atoms with Crippen LogP contribution in [0.4, 0.5) is 18.0 Å². The molecule has 2 aliphatic rings. The van der Waals surface area contributed by atoms with Gasteiger partial charge in [0, 0.05) is 30.2 Å². The molecule has 0 radical (unpaired) electrons. The van der Waals surface area contributed by atoms with Crippen LogP contribution in [-0.4, -0.2) is 90.3 Å². The molecule has 1 aromatic carbocycles. The Morgan fingerprint density at radius 2 is 1.97 bits per heavy atom. The van der Waals surface area contributed by atoms with E-state index in [1.807, 2.05) is 0 Å². The van der Waals surface area contributed by atoms with E-state index in [4.69, 9.17) is 4.74 Å². The first kappa shape index (κ1) is 29.7. The third kappa shape index (κ3) is 8.07. The van der Waals surface area contributed by atoms with E-state index >= 15 is 0 Å². The summed E-state index contributed by atoms with van der Waals surface area (Å²) in [7, 11) is 2.07. The molecule has 0 aromatic heterocycles. The summed E-state index contributed by atoms with van der Waals surface area (Å²) in [5.41, 5.74) is -1.12. The quantitative estimate of drug-likeness (QED) is 0.465. The number of nitrogens with zero attached hydrogens (tertiary/aromatic N) is 2. The van der Waals surface area contributed by atoms with Gasteiger partial charge in [-0.3, -0.25) is 9.59 Å². The smallest absolute Gasteiger partial charge is 0.416 e. The van der Waals surface area contributed by atoms with Gasteiger partial charge < -0.3 is 30.3 Å². The minimum atomic E-state index is -4.57. The van der Waals surface area contributed by atoms with E-state index in [-0.39, 0.29) is 36.7 Å². The van der Waals surface area contributed by atoms with Crippen LogP contribution in [-0.2, 0) is 15.7 Å². The monoisotopic (exact) mass is 542 g/mol. The number of ether oxygens (including phenoxy) is 1. The third-order valence-corrected chi connectivity index (χ3v) is 7.53. The van der Waals surface area contributed by atoms with Gasteiger partial charge in [0.25, 0.3) is 5.91 Å². The number of rotatable bonds is 8. The lowest BCUT2D eigenvalue weighted by atomic mass is 9.77. The van der Waals surface area contributed by atoms with Crippen molar-refractivity contribution in [2.75, 3.05) is 33.3 Å². The zero-order valence-electron chi connectivity index (χ0n) is 22.0. The Labute approximate surface area is 220 Å². The highest BCUT2D eigenvalue weighted by Gasteiger charge is 2.37. The van der Waals surface area contributed by atoms with Gasteiger partial charge in [-0.05, 0) is 70.7 Å². The van der Waals surface area contributed by atoms with E-state index in [0.29, 0.717) is 38.1 Å². The Morgan fingerprint density at radius 1 is 1.24 bits per heavy atom. The maximum absolute atomic E-state index is 13.0. The summed E-state index contributed by atoms with van der Waals surface area (Å²) in [6.45, 7) is 4.76. The van der Waals surface area contributed by atoms with Gasteiger partial charge in [-0.25, -0.2) is 4.79 Å². The van der Waals surface area contributed by atoms with Gasteiger partial charge in [0.15, 0.2) is 0 Å². The van der Waals surface area contributed by atoms with Crippen LogP contribution in [0.3, 0.4) is 0 Å². The summed E-state index contributed by atoms with van der Waals surface area (Å²) in [5, 5.41) is 14.8. The van der Waals surface area contributed by atoms with Crippen molar-refractivity contribution in [1.29, 1.82) is 0 Å². The molecule has 0 spiro atoms. The number of hydrogen-bond acceptors (Lipinski definition) is 5. The second-order valence-corrected chi connectivity index (χ2v) is 10.4. The Balaban J connectivity index is 1.61. The van der Waals surface area contributed by atoms with Crippen LogP contribution in [0.1, 0.15) is 55.5 Å². The van der Waals surface area contributed by atoms with Crippen molar-refractivity contribution >= 4 is 17.9 Å². The van der Waals surface area contributed by atoms with Gasteiger partial charge in [0.1, 0.15) is 0 Å². The molecule has 1 aliphatic carbocycles. The Hall–Kier alpha value is -2.86. The van der Waals surface area contributed by atoms with Crippen LogP contribution in [0.2, 0.25) is 0 Å². The minimum Gasteiger partial charge on any atom is -0.465 e. The predicted octanol–water partition coefficient (Wildman–Crippen LogP) is 3.20. The zero-order valence-corrected chi connectivity index (χ0v) is 22.0. The second kappa shape index (κ2) is 12.8. The molecule has 3 rings (SSSR count). The Morgan fingerprint density at radius 3 is 2.63 bits per heavy atom. The van der Waals surface area contributed by atoms with Gasteiger partial charge in [-0.2, -0.15) is 13.2 Å². The number of hydrogen-bond donors (Lipinski definition) is 3. The van der Waals surface area contributed by atoms with Crippen LogP contribution in [0.15, 0.2) is 24.3 Å². The van der Waals surface area contributed by atoms with E-state index in [1.54, 1.807) is 0 Å². The van der Waals surface area contributed by atoms with Crippen molar-refractivity contribution in [1.82, 2.24) is 20.4 Å². The van der Waals surface area contributed by atoms with Crippen LogP contribution in [0.25, 0.3) is 0 Å². The molecule has 1 aliphatic heterocycles. The lowest BCUT2D eigenvalue weighted by Crippen LogP contribution is -2.53. The molecule has 38 heavy (non-hydrogen) atoms. The number of amides is 3. The first-order valence-corrected chi connectivity index (χ1v) is 12.9. The van der Waals surface area contributed by atoms with Crippen LogP contribution in [0, 0.1) is 5.92 Å². The van der Waals surface area contributed by atoms with Crippen molar-refractivity contribution in [2.45, 2.75) is 69.9 Å². The summed E-state index contributed by atoms with van der Waals surface area (Å²) < 4.78 is 44.7. The van der Waals surface area contributed by atoms with Crippen molar-refractivity contribution in [3.63, 3.8) is 0 Å². The fraction of sp³-hybridized carbons (Fsp3) is 0.654. The van der Waals surface area contributed by atoms with Crippen molar-refractivity contribution in [2.24, 2.45) is 5.92 Å². The van der Waals surface area contributed by atoms with E-state index in [0.717, 1.165) is 31.0 Å². The van der Waals surface area contributed by atoms with Crippen molar-refractivity contribution in [3.8, 4) is 0 Å². The summed E-state index contributed by atoms with van der Waals surface area (Å²) in [6, 6.07) is 4.47. The van der Waals surface area contributed by atoms with E-state index in [1.165, 1.54) is 11.0 Å². The van der Waals surface area contributed by atoms with Gasteiger partial charge in [0.2, 0.25) is 5.91 Å². The van der Waals surface area contributed by atoms with Gasteiger partial charge >= 0.3 is 12.3 Å². The van der Waals surface area contributed by atoms with Gasteiger partial charge in [-0.15, -0.1) is 0 Å². The lowest BCUT2D eigenvalue weighted by Gasteiger charge is -2.43. The predicted molar refractivity (Wildman–Crippen MR) is 134 cm³/mol. The number of carboxylic acid groups (broad SMARTS) is 1. The molecule has 3 N–H and O–H groups in total. The van der Waals surface area contributed by atoms with Crippen molar-refractivity contribution < 1.29 is 37.4 Å². The number of morpholine rings is 1. The fourth-order valence-electron chi connectivity index (χ4n) is 5.21. The van der Waals surface area contributed by atoms with Crippen LogP contribution in [0.5, 0.6) is 0 Å². The minimum absolute atomic E-state index is 0.0248. The first-order valence-electron chi connectivity index (χ1n) is 12.9. The number of carbonyl (C=O) groups excluding carboxylic acids is 2. The second-order valence-electron chi connectivity index (χ2n) is 10.4. The number of nitrogens with one attached hydrogen (secondary N) is 2. The molecule has 0 bridgehead atoms. The normalized spacial score (nSPS) is 24.4. The standard InChI is InChI=1S/C26H37F3N4O5/c1-16(2)32(3)20-7-8-22(18(12-20)13-21-15-33(25(36)37)9-10-38-21)31-23(34)14-30-24(35)17-5-4-6-19(11-17)26(27,28)29/h4-6,11,16,18,20-22H,7-10,12-15H2,1-3H3,(H,30,35)(H,31,34)(H,36,37)/t18-,20-,21?,22+/m1/s1. The highest BCUT2D eigenvalue weighted by atomic mass is 19.4. The van der Waals surface area contributed by atoms with E-state index < -0.39 is 29.6 Å². The molecule has 9 nitrogen and oxygen atoms in total. The maximum atomic E-state index is 13.0. The Kier molecular flexibility index (Phi) is 10.00. The summed E-state index contributed by atoms with van der Waals surface area (Å²) in [4.78, 5) is 40.2. The number of carbonyl (C=O) groups is 3. The molecule has 4 atom stereocenters. The highest BCUT2D eigenvalue weighted by molar-refractivity contribution is 5.96. The lowest BCUT2D eigenvalue weighted by molar-refractivity contribution is -0.137. The topological polar surface area (TPSA) is 111 Å². The highest BCUT2D eigenvalue weighted by Crippen LogP contribution is 2.33. The summed E-state index contributed by atoms with van der Waals surface area (Å²) in [5.74, 6) is -1.18. The van der Waals surface area contributed by atoms with Gasteiger partial charge in [-0.1, -0.05) is 6.07 Å². The molecule has 1 saturated carbocycles. The molecular formula is C26H37F3N4O5. The van der Waals surface area contributed by atoms with Crippen molar-refractivity contribution in [3.05, 3.63) is 35.4 Å². The SMILES string of the molecule is CC(C)N(C)[C@@H]1CC[C@H](NC(=O)CNC(=O)c2cccc(C(F)(F)F)c2)[C@@H](CC2CN(C(=O)O)CCO2)C1. The summed E-state index contributed by atoms with van der Waals surface area (Å²) >= 11 is 0. The molecular weight excluding hydrogens is 505 g/mol. The molecule has 212 valence electrons. The largest absolute Gasteiger partial charge is 0.465 e. The first-order chi connectivity index (χ1) is 17.8. The van der Waals surface area contributed by atoms with E-state index in [2.05, 4.69) is 36.4 Å². The average Bonchev–Trinajstić information content (AvgIpc) is 2.87. The van der Waals surface area contributed by atoms with Crippen LogP contribution >= 0.6 is 0 Å².